The largest absolute Gasteiger partial charge is 0.469 e. The molecular formula is C27H40BrN4O9PS. The molecule has 0 aliphatic heterocycles. The lowest BCUT2D eigenvalue weighted by Crippen LogP contribution is -2.48. The molecule has 0 unspecified atom stereocenters. The third-order valence-corrected chi connectivity index (χ3v) is 9.50. The first-order valence-electron chi connectivity index (χ1n) is 13.6. The van der Waals surface area contributed by atoms with Crippen LogP contribution in [-0.2, 0) is 35.1 Å². The van der Waals surface area contributed by atoms with Gasteiger partial charge in [-0.15, -0.1) is 0 Å². The van der Waals surface area contributed by atoms with E-state index in [4.69, 9.17) is 10.3 Å². The molecule has 2 rings (SSSR count). The molecule has 16 heteroatoms. The summed E-state index contributed by atoms with van der Waals surface area (Å²) in [5, 5.41) is 5.32. The maximum atomic E-state index is 13.6. The molecule has 0 aliphatic carbocycles. The van der Waals surface area contributed by atoms with Gasteiger partial charge in [0, 0.05) is 35.7 Å². The molecule has 0 radical (unpaired) electrons. The van der Waals surface area contributed by atoms with Crippen molar-refractivity contribution in [2.24, 2.45) is 5.92 Å². The van der Waals surface area contributed by atoms with Crippen molar-refractivity contribution < 1.29 is 41.6 Å². The van der Waals surface area contributed by atoms with Gasteiger partial charge in [0.2, 0.25) is 15.9 Å². The number of alkyl carbamates (subject to hydrolysis) is 1. The predicted molar refractivity (Wildman–Crippen MR) is 165 cm³/mol. The van der Waals surface area contributed by atoms with Crippen LogP contribution in [0.15, 0.2) is 57.9 Å². The van der Waals surface area contributed by atoms with Gasteiger partial charge < -0.3 is 30.9 Å². The first-order chi connectivity index (χ1) is 20.1. The Balaban J connectivity index is 2.12. The average molecular weight is 708 g/mol. The summed E-state index contributed by atoms with van der Waals surface area (Å²) < 4.78 is 50.1. The maximum absolute atomic E-state index is 13.6. The van der Waals surface area contributed by atoms with Gasteiger partial charge in [-0.25, -0.2) is 17.8 Å². The third kappa shape index (κ3) is 12.5. The minimum absolute atomic E-state index is 0.00927. The summed E-state index contributed by atoms with van der Waals surface area (Å²) in [5.41, 5.74) is 6.91. The number of phosphoric ester groups is 1. The number of amides is 2. The number of hydrogen-bond acceptors (Lipinski definition) is 8. The Labute approximate surface area is 260 Å². The number of anilines is 1. The van der Waals surface area contributed by atoms with Crippen LogP contribution in [0.5, 0.6) is 0 Å². The highest BCUT2D eigenvalue weighted by molar-refractivity contribution is 9.10. The highest BCUT2D eigenvalue weighted by Crippen LogP contribution is 2.37. The van der Waals surface area contributed by atoms with Gasteiger partial charge in [0.25, 0.3) is 0 Å². The minimum atomic E-state index is -4.88. The molecule has 0 aromatic heterocycles. The fourth-order valence-corrected chi connectivity index (χ4v) is 6.82. The zero-order valence-electron chi connectivity index (χ0n) is 24.3. The second kappa shape index (κ2) is 17.1. The molecule has 6 N–H and O–H groups in total. The molecule has 13 nitrogen and oxygen atoms in total. The van der Waals surface area contributed by atoms with E-state index in [0.29, 0.717) is 18.5 Å². The van der Waals surface area contributed by atoms with E-state index in [-0.39, 0.29) is 36.7 Å². The van der Waals surface area contributed by atoms with E-state index in [9.17, 15) is 32.4 Å². The van der Waals surface area contributed by atoms with Crippen LogP contribution in [0.1, 0.15) is 38.7 Å². The number of ether oxygens (including phenoxy) is 1. The molecule has 2 aromatic carbocycles. The fourth-order valence-electron chi connectivity index (χ4n) is 4.21. The van der Waals surface area contributed by atoms with Gasteiger partial charge in [0.1, 0.15) is 6.04 Å². The summed E-state index contributed by atoms with van der Waals surface area (Å²) in [7, 11) is -7.76. The van der Waals surface area contributed by atoms with Crippen molar-refractivity contribution >= 4 is 51.5 Å². The second-order valence-electron chi connectivity index (χ2n) is 10.2. The zero-order valence-corrected chi connectivity index (χ0v) is 27.6. The standard InChI is InChI=1S/C27H40BrN4O9PS/c1-19(2)17-32(43(38,39)23-13-11-21(29)12-14-23)22(18-41-42(35,36)37)9-6-7-15-30-26(33)25(31-27(34)40-3)16-20-8-4-5-10-24(20)28/h4-5,8,10-14,19,22,25H,6-7,9,15-18,29H2,1-3H3,(H,30,33)(H,31,34)(H2,35,36,37)/t22-,25-/m0/s1. The number of unbranched alkanes of at least 4 members (excludes halogenated alkanes) is 1. The topological polar surface area (TPSA) is 198 Å². The summed E-state index contributed by atoms with van der Waals surface area (Å²) in [5.74, 6) is -0.542. The van der Waals surface area contributed by atoms with Crippen LogP contribution in [0.3, 0.4) is 0 Å². The van der Waals surface area contributed by atoms with Crippen LogP contribution in [-0.4, -0.2) is 73.4 Å². The van der Waals surface area contributed by atoms with Gasteiger partial charge in [0.15, 0.2) is 0 Å². The van der Waals surface area contributed by atoms with Crippen LogP contribution in [0.4, 0.5) is 10.5 Å². The molecular weight excluding hydrogens is 667 g/mol. The smallest absolute Gasteiger partial charge is 0.453 e. The van der Waals surface area contributed by atoms with E-state index < -0.39 is 48.5 Å². The Bertz CT molecular complexity index is 1360. The highest BCUT2D eigenvalue weighted by Gasteiger charge is 2.33. The molecule has 0 aliphatic rings. The number of rotatable bonds is 17. The fraction of sp³-hybridized carbons (Fsp3) is 0.481. The average Bonchev–Trinajstić information content (AvgIpc) is 2.93. The van der Waals surface area contributed by atoms with Crippen molar-refractivity contribution in [2.45, 2.75) is 56.5 Å². The SMILES string of the molecule is COC(=O)N[C@@H](Cc1ccccc1Br)C(=O)NCCCC[C@@H](COP(=O)(O)O)N(CC(C)C)S(=O)(=O)c1ccc(N)cc1. The number of sulfonamides is 1. The lowest BCUT2D eigenvalue weighted by molar-refractivity contribution is -0.123. The third-order valence-electron chi connectivity index (χ3n) is 6.31. The summed E-state index contributed by atoms with van der Waals surface area (Å²) in [6.45, 7) is 3.40. The number of nitrogen functional groups attached to an aromatic ring is 1. The van der Waals surface area contributed by atoms with Gasteiger partial charge in [-0.1, -0.05) is 54.4 Å². The lowest BCUT2D eigenvalue weighted by Gasteiger charge is -2.32. The van der Waals surface area contributed by atoms with Crippen molar-refractivity contribution in [2.75, 3.05) is 32.5 Å². The van der Waals surface area contributed by atoms with E-state index in [1.165, 1.54) is 35.7 Å². The van der Waals surface area contributed by atoms with Crippen molar-refractivity contribution in [1.82, 2.24) is 14.9 Å². The maximum Gasteiger partial charge on any atom is 0.469 e. The number of nitrogens with two attached hydrogens (primary N) is 1. The van der Waals surface area contributed by atoms with Gasteiger partial charge >= 0.3 is 13.9 Å². The Morgan fingerprint density at radius 2 is 1.74 bits per heavy atom. The first kappa shape index (κ1) is 36.7. The van der Waals surface area contributed by atoms with Crippen LogP contribution in [0.2, 0.25) is 0 Å². The molecule has 2 amide bonds. The zero-order chi connectivity index (χ0) is 32.2. The minimum Gasteiger partial charge on any atom is -0.453 e. The summed E-state index contributed by atoms with van der Waals surface area (Å²) in [6.07, 6.45) is 0.443. The molecule has 2 aromatic rings. The van der Waals surface area contributed by atoms with Gasteiger partial charge in [-0.3, -0.25) is 9.32 Å². The number of carbonyl (C=O) groups is 2. The lowest BCUT2D eigenvalue weighted by atomic mass is 10.1. The van der Waals surface area contributed by atoms with Crippen LogP contribution in [0.25, 0.3) is 0 Å². The second-order valence-corrected chi connectivity index (χ2v) is 14.2. The Hall–Kier alpha value is -2.52. The number of nitrogens with zero attached hydrogens (tertiary/aromatic N) is 1. The Kier molecular flexibility index (Phi) is 14.6. The number of hydrogen-bond donors (Lipinski definition) is 5. The van der Waals surface area contributed by atoms with E-state index in [1.54, 1.807) is 0 Å². The number of nitrogens with one attached hydrogen (secondary N) is 2. The summed E-state index contributed by atoms with van der Waals surface area (Å²) in [4.78, 5) is 43.5. The molecule has 43 heavy (non-hydrogen) atoms. The number of methoxy groups -OCH3 is 1. The molecule has 0 spiro atoms. The van der Waals surface area contributed by atoms with E-state index in [0.717, 1.165) is 10.0 Å². The van der Waals surface area contributed by atoms with E-state index >= 15 is 0 Å². The summed E-state index contributed by atoms with van der Waals surface area (Å²) in [6, 6.07) is 11.2. The van der Waals surface area contributed by atoms with Crippen LogP contribution < -0.4 is 16.4 Å². The van der Waals surface area contributed by atoms with Crippen LogP contribution in [0, 0.1) is 5.92 Å². The van der Waals surface area contributed by atoms with Gasteiger partial charge in [-0.2, -0.15) is 4.31 Å². The molecule has 0 saturated carbocycles. The highest BCUT2D eigenvalue weighted by atomic mass is 79.9. The Morgan fingerprint density at radius 3 is 2.33 bits per heavy atom. The molecule has 240 valence electrons. The monoisotopic (exact) mass is 706 g/mol. The molecule has 0 saturated heterocycles. The quantitative estimate of drug-likeness (QED) is 0.0923. The molecule has 0 bridgehead atoms. The first-order valence-corrected chi connectivity index (χ1v) is 17.3. The number of carbonyl (C=O) groups excluding carboxylic acids is 2. The van der Waals surface area contributed by atoms with Gasteiger partial charge in [0.05, 0.1) is 18.6 Å². The van der Waals surface area contributed by atoms with Crippen molar-refractivity contribution in [3.05, 3.63) is 58.6 Å². The van der Waals surface area contributed by atoms with Crippen molar-refractivity contribution in [1.29, 1.82) is 0 Å². The number of phosphoric acid groups is 1. The predicted octanol–water partition coefficient (Wildman–Crippen LogP) is 3.41. The Morgan fingerprint density at radius 1 is 1.09 bits per heavy atom. The molecule has 0 fully saturated rings. The van der Waals surface area contributed by atoms with Crippen molar-refractivity contribution in [3.8, 4) is 0 Å². The van der Waals surface area contributed by atoms with E-state index in [2.05, 4.69) is 31.3 Å². The molecule has 0 heterocycles. The van der Waals surface area contributed by atoms with Gasteiger partial charge in [-0.05, 0) is 54.7 Å². The van der Waals surface area contributed by atoms with E-state index in [1.807, 2.05) is 38.1 Å². The summed E-state index contributed by atoms with van der Waals surface area (Å²) >= 11 is 3.44. The number of halogens is 1. The number of benzene rings is 2. The van der Waals surface area contributed by atoms with Crippen molar-refractivity contribution in [3.63, 3.8) is 0 Å². The normalized spacial score (nSPS) is 13.5. The van der Waals surface area contributed by atoms with Crippen LogP contribution >= 0.6 is 23.8 Å². The molecule has 2 atom stereocenters.